The molecule has 1 saturated carbocycles. The summed E-state index contributed by atoms with van der Waals surface area (Å²) >= 11 is 3.35. The third kappa shape index (κ3) is 3.81. The van der Waals surface area contributed by atoms with E-state index in [0.717, 1.165) is 29.3 Å². The van der Waals surface area contributed by atoms with E-state index in [1.807, 2.05) is 6.92 Å². The third-order valence-electron chi connectivity index (χ3n) is 3.82. The Hall–Kier alpha value is -0.430. The first-order chi connectivity index (χ1) is 9.32. The molecule has 1 aliphatic rings. The second kappa shape index (κ2) is 6.13. The number of aryl methyl sites for hydroxylation is 1. The molecule has 0 aromatic heterocycles. The molecule has 0 aliphatic heterocycles. The predicted octanol–water partition coefficient (Wildman–Crippen LogP) is 2.73. The van der Waals surface area contributed by atoms with E-state index >= 15 is 0 Å². The highest BCUT2D eigenvalue weighted by Crippen LogP contribution is 2.28. The molecule has 0 radical (unpaired) electrons. The molecule has 20 heavy (non-hydrogen) atoms. The summed E-state index contributed by atoms with van der Waals surface area (Å²) in [6, 6.07) is 4.90. The first-order valence-corrected chi connectivity index (χ1v) is 9.08. The smallest absolute Gasteiger partial charge is 0.240 e. The Morgan fingerprint density at radius 1 is 1.30 bits per heavy atom. The fourth-order valence-electron chi connectivity index (χ4n) is 2.48. The number of rotatable bonds is 4. The van der Waals surface area contributed by atoms with Crippen molar-refractivity contribution >= 4 is 26.0 Å². The molecule has 0 amide bonds. The van der Waals surface area contributed by atoms with Gasteiger partial charge in [-0.3, -0.25) is 0 Å². The first kappa shape index (κ1) is 15.9. The summed E-state index contributed by atoms with van der Waals surface area (Å²) in [7, 11) is -3.57. The minimum atomic E-state index is -3.57. The fourth-order valence-corrected chi connectivity index (χ4v) is 3.93. The average molecular weight is 362 g/mol. The molecular formula is C14H20BrNO3S. The predicted molar refractivity (Wildman–Crippen MR) is 82.1 cm³/mol. The lowest BCUT2D eigenvalue weighted by Crippen LogP contribution is -2.44. The second-order valence-electron chi connectivity index (χ2n) is 5.52. The van der Waals surface area contributed by atoms with Crippen molar-refractivity contribution in [2.24, 2.45) is 0 Å². The lowest BCUT2D eigenvalue weighted by Gasteiger charge is -2.32. The lowest BCUT2D eigenvalue weighted by molar-refractivity contribution is 0.00945. The van der Waals surface area contributed by atoms with Gasteiger partial charge in [0.05, 0.1) is 10.5 Å². The van der Waals surface area contributed by atoms with Crippen molar-refractivity contribution in [1.82, 2.24) is 4.72 Å². The van der Waals surface area contributed by atoms with E-state index in [0.29, 0.717) is 12.8 Å². The van der Waals surface area contributed by atoms with Crippen molar-refractivity contribution in [1.29, 1.82) is 0 Å². The Morgan fingerprint density at radius 2 is 1.95 bits per heavy atom. The van der Waals surface area contributed by atoms with Gasteiger partial charge in [-0.1, -0.05) is 35.2 Å². The SMILES string of the molecule is Cc1cc(S(=O)(=O)NCC2(O)CCCCC2)ccc1Br. The molecule has 1 aliphatic carbocycles. The quantitative estimate of drug-likeness (QED) is 0.866. The van der Waals surface area contributed by atoms with E-state index in [2.05, 4.69) is 20.7 Å². The van der Waals surface area contributed by atoms with Gasteiger partial charge < -0.3 is 5.11 Å². The van der Waals surface area contributed by atoms with E-state index in [4.69, 9.17) is 0 Å². The largest absolute Gasteiger partial charge is 0.389 e. The Bertz CT molecular complexity index is 580. The van der Waals surface area contributed by atoms with Gasteiger partial charge >= 0.3 is 0 Å². The topological polar surface area (TPSA) is 66.4 Å². The molecule has 0 bridgehead atoms. The van der Waals surface area contributed by atoms with Gasteiger partial charge in [-0.2, -0.15) is 0 Å². The molecule has 1 fully saturated rings. The molecule has 2 N–H and O–H groups in total. The number of hydrogen-bond donors (Lipinski definition) is 2. The molecule has 4 nitrogen and oxygen atoms in total. The minimum absolute atomic E-state index is 0.0877. The summed E-state index contributed by atoms with van der Waals surface area (Å²) < 4.78 is 27.9. The Morgan fingerprint density at radius 3 is 2.55 bits per heavy atom. The fraction of sp³-hybridized carbons (Fsp3) is 0.571. The van der Waals surface area contributed by atoms with Gasteiger partial charge in [-0.05, 0) is 43.5 Å². The van der Waals surface area contributed by atoms with E-state index in [-0.39, 0.29) is 11.4 Å². The molecule has 112 valence electrons. The van der Waals surface area contributed by atoms with Crippen molar-refractivity contribution < 1.29 is 13.5 Å². The van der Waals surface area contributed by atoms with Crippen LogP contribution < -0.4 is 4.72 Å². The normalized spacial score (nSPS) is 18.9. The van der Waals surface area contributed by atoms with Crippen molar-refractivity contribution in [2.75, 3.05) is 6.54 Å². The Balaban J connectivity index is 2.09. The first-order valence-electron chi connectivity index (χ1n) is 6.81. The third-order valence-corrected chi connectivity index (χ3v) is 6.10. The summed E-state index contributed by atoms with van der Waals surface area (Å²) in [5, 5.41) is 10.3. The molecule has 0 saturated heterocycles. The van der Waals surface area contributed by atoms with Crippen LogP contribution in [-0.4, -0.2) is 25.7 Å². The Kier molecular flexibility index (Phi) is 4.89. The molecule has 0 unspecified atom stereocenters. The minimum Gasteiger partial charge on any atom is -0.389 e. The van der Waals surface area contributed by atoms with Crippen LogP contribution in [0.25, 0.3) is 0 Å². The zero-order chi connectivity index (χ0) is 14.8. The van der Waals surface area contributed by atoms with E-state index in [9.17, 15) is 13.5 Å². The monoisotopic (exact) mass is 361 g/mol. The Labute approximate surface area is 128 Å². The molecule has 2 rings (SSSR count). The summed E-state index contributed by atoms with van der Waals surface area (Å²) in [5.41, 5.74) is -0.0281. The number of halogens is 1. The molecule has 1 aromatic rings. The molecule has 1 aromatic carbocycles. The summed E-state index contributed by atoms with van der Waals surface area (Å²) in [4.78, 5) is 0.234. The molecule has 0 heterocycles. The molecule has 0 spiro atoms. The van der Waals surface area contributed by atoms with Gasteiger partial charge in [0.1, 0.15) is 0 Å². The van der Waals surface area contributed by atoms with E-state index in [1.165, 1.54) is 0 Å². The molecule has 6 heteroatoms. The number of hydrogen-bond acceptors (Lipinski definition) is 3. The zero-order valence-corrected chi connectivity index (χ0v) is 13.9. The highest BCUT2D eigenvalue weighted by atomic mass is 79.9. The van der Waals surface area contributed by atoms with Crippen LogP contribution in [-0.2, 0) is 10.0 Å². The van der Waals surface area contributed by atoms with Crippen molar-refractivity contribution in [3.05, 3.63) is 28.2 Å². The highest BCUT2D eigenvalue weighted by molar-refractivity contribution is 9.10. The second-order valence-corrected chi connectivity index (χ2v) is 8.14. The highest BCUT2D eigenvalue weighted by Gasteiger charge is 2.30. The van der Waals surface area contributed by atoms with Crippen LogP contribution in [0.4, 0.5) is 0 Å². The van der Waals surface area contributed by atoms with Crippen molar-refractivity contribution in [3.8, 4) is 0 Å². The lowest BCUT2D eigenvalue weighted by atomic mass is 9.85. The van der Waals surface area contributed by atoms with Crippen LogP contribution in [0, 0.1) is 6.92 Å². The van der Waals surface area contributed by atoms with Gasteiger partial charge in [0, 0.05) is 11.0 Å². The van der Waals surface area contributed by atoms with Gasteiger partial charge in [0.25, 0.3) is 0 Å². The van der Waals surface area contributed by atoms with Crippen LogP contribution in [0.1, 0.15) is 37.7 Å². The number of sulfonamides is 1. The van der Waals surface area contributed by atoms with Crippen LogP contribution >= 0.6 is 15.9 Å². The van der Waals surface area contributed by atoms with Crippen LogP contribution in [0.2, 0.25) is 0 Å². The van der Waals surface area contributed by atoms with Gasteiger partial charge in [-0.25, -0.2) is 13.1 Å². The maximum Gasteiger partial charge on any atom is 0.240 e. The van der Waals surface area contributed by atoms with Gasteiger partial charge in [0.15, 0.2) is 0 Å². The van der Waals surface area contributed by atoms with Crippen LogP contribution in [0.3, 0.4) is 0 Å². The molecular weight excluding hydrogens is 342 g/mol. The maximum atomic E-state index is 12.2. The standard InChI is InChI=1S/C14H20BrNO3S/c1-11-9-12(5-6-13(11)15)20(18,19)16-10-14(17)7-3-2-4-8-14/h5-6,9,16-17H,2-4,7-8,10H2,1H3. The van der Waals surface area contributed by atoms with Gasteiger partial charge in [0.2, 0.25) is 10.0 Å². The van der Waals surface area contributed by atoms with E-state index < -0.39 is 15.6 Å². The zero-order valence-electron chi connectivity index (χ0n) is 11.5. The summed E-state index contributed by atoms with van der Waals surface area (Å²) in [6.45, 7) is 1.93. The number of benzene rings is 1. The number of nitrogens with one attached hydrogen (secondary N) is 1. The summed E-state index contributed by atoms with van der Waals surface area (Å²) in [6.07, 6.45) is 4.34. The number of aliphatic hydroxyl groups is 1. The van der Waals surface area contributed by atoms with Crippen LogP contribution in [0.15, 0.2) is 27.6 Å². The van der Waals surface area contributed by atoms with Gasteiger partial charge in [-0.15, -0.1) is 0 Å². The summed E-state index contributed by atoms with van der Waals surface area (Å²) in [5.74, 6) is 0. The van der Waals surface area contributed by atoms with Crippen LogP contribution in [0.5, 0.6) is 0 Å². The van der Waals surface area contributed by atoms with Crippen molar-refractivity contribution in [3.63, 3.8) is 0 Å². The van der Waals surface area contributed by atoms with Crippen molar-refractivity contribution in [2.45, 2.75) is 49.5 Å². The van der Waals surface area contributed by atoms with E-state index in [1.54, 1.807) is 18.2 Å². The average Bonchev–Trinajstić information content (AvgIpc) is 2.41. The maximum absolute atomic E-state index is 12.2. The molecule has 0 atom stereocenters.